The molecule has 0 atom stereocenters. The molecule has 2 rings (SSSR count). The van der Waals surface area contributed by atoms with Crippen molar-refractivity contribution < 1.29 is 19.0 Å². The highest BCUT2D eigenvalue weighted by Gasteiger charge is 2.23. The van der Waals surface area contributed by atoms with E-state index in [9.17, 15) is 4.79 Å². The third-order valence-corrected chi connectivity index (χ3v) is 2.13. The van der Waals surface area contributed by atoms with Crippen molar-refractivity contribution in [2.75, 3.05) is 14.2 Å². The number of ether oxygens (including phenoxy) is 3. The zero-order valence-corrected chi connectivity index (χ0v) is 7.99. The van der Waals surface area contributed by atoms with Crippen molar-refractivity contribution in [1.29, 1.82) is 0 Å². The van der Waals surface area contributed by atoms with E-state index >= 15 is 0 Å². The molecule has 1 aromatic carbocycles. The summed E-state index contributed by atoms with van der Waals surface area (Å²) in [5, 5.41) is 0. The number of esters is 1. The van der Waals surface area contributed by atoms with Crippen LogP contribution in [-0.2, 0) is 11.2 Å². The van der Waals surface area contributed by atoms with E-state index < -0.39 is 0 Å². The van der Waals surface area contributed by atoms with E-state index in [4.69, 9.17) is 14.2 Å². The molecule has 0 N–H and O–H groups in total. The van der Waals surface area contributed by atoms with E-state index in [-0.39, 0.29) is 5.97 Å². The molecule has 0 bridgehead atoms. The van der Waals surface area contributed by atoms with Crippen molar-refractivity contribution in [1.82, 2.24) is 0 Å². The number of benzene rings is 1. The Kier molecular flexibility index (Phi) is 2.04. The number of carbonyl (C=O) groups excluding carboxylic acids is 1. The highest BCUT2D eigenvalue weighted by atomic mass is 16.5. The first-order chi connectivity index (χ1) is 6.74. The summed E-state index contributed by atoms with van der Waals surface area (Å²) in [7, 11) is 3.10. The Bertz CT molecular complexity index is 349. The van der Waals surface area contributed by atoms with Gasteiger partial charge < -0.3 is 14.2 Å². The molecule has 0 aliphatic carbocycles. The van der Waals surface area contributed by atoms with Gasteiger partial charge in [0, 0.05) is 11.6 Å². The maximum absolute atomic E-state index is 11.0. The number of rotatable bonds is 2. The molecule has 1 heterocycles. The van der Waals surface area contributed by atoms with Gasteiger partial charge in [0.15, 0.2) is 11.5 Å². The molecule has 0 fully saturated rings. The van der Waals surface area contributed by atoms with Crippen LogP contribution in [0.1, 0.15) is 5.56 Å². The van der Waals surface area contributed by atoms with E-state index in [1.165, 1.54) is 0 Å². The van der Waals surface area contributed by atoms with E-state index in [0.29, 0.717) is 23.7 Å². The standard InChI is InChI=1S/C10H10O4/c1-12-8-3-6-4-10(11)14-7(6)5-9(8)13-2/h3,5H,4H2,1-2H3. The molecule has 1 aliphatic heterocycles. The van der Waals surface area contributed by atoms with Gasteiger partial charge in [0.05, 0.1) is 20.6 Å². The molecule has 1 aliphatic rings. The Morgan fingerprint density at radius 3 is 2.50 bits per heavy atom. The maximum atomic E-state index is 11.0. The summed E-state index contributed by atoms with van der Waals surface area (Å²) in [4.78, 5) is 11.0. The highest BCUT2D eigenvalue weighted by Crippen LogP contribution is 2.37. The summed E-state index contributed by atoms with van der Waals surface area (Å²) in [6.45, 7) is 0. The number of carbonyl (C=O) groups is 1. The van der Waals surface area contributed by atoms with Gasteiger partial charge in [-0.25, -0.2) is 0 Å². The highest BCUT2D eigenvalue weighted by molar-refractivity contribution is 5.81. The molecule has 4 heteroatoms. The number of hydrogen-bond acceptors (Lipinski definition) is 4. The van der Waals surface area contributed by atoms with Crippen LogP contribution >= 0.6 is 0 Å². The molecule has 0 unspecified atom stereocenters. The SMILES string of the molecule is COc1cc2c(cc1OC)OC(=O)C2. The summed E-state index contributed by atoms with van der Waals surface area (Å²) in [6.07, 6.45) is 0.301. The van der Waals surface area contributed by atoms with Crippen molar-refractivity contribution in [2.45, 2.75) is 6.42 Å². The molecule has 0 spiro atoms. The lowest BCUT2D eigenvalue weighted by Gasteiger charge is -2.08. The van der Waals surface area contributed by atoms with Crippen LogP contribution < -0.4 is 14.2 Å². The van der Waals surface area contributed by atoms with Crippen molar-refractivity contribution in [3.8, 4) is 17.2 Å². The van der Waals surface area contributed by atoms with Crippen LogP contribution in [0.5, 0.6) is 17.2 Å². The smallest absolute Gasteiger partial charge is 0.315 e. The molecule has 0 radical (unpaired) electrons. The van der Waals surface area contributed by atoms with Gasteiger partial charge in [-0.05, 0) is 6.07 Å². The Hall–Kier alpha value is -1.71. The Balaban J connectivity index is 2.48. The second-order valence-electron chi connectivity index (χ2n) is 2.97. The van der Waals surface area contributed by atoms with Gasteiger partial charge in [0.1, 0.15) is 5.75 Å². The third kappa shape index (κ3) is 1.28. The number of fused-ring (bicyclic) bond motifs is 1. The van der Waals surface area contributed by atoms with E-state index in [2.05, 4.69) is 0 Å². The lowest BCUT2D eigenvalue weighted by Crippen LogP contribution is -2.00. The van der Waals surface area contributed by atoms with Gasteiger partial charge in [-0.3, -0.25) is 4.79 Å². The summed E-state index contributed by atoms with van der Waals surface area (Å²) in [5.41, 5.74) is 0.840. The molecule has 4 nitrogen and oxygen atoms in total. The third-order valence-electron chi connectivity index (χ3n) is 2.13. The first-order valence-electron chi connectivity index (χ1n) is 4.20. The summed E-state index contributed by atoms with van der Waals surface area (Å²) in [5.74, 6) is 1.51. The van der Waals surface area contributed by atoms with Crippen LogP contribution in [-0.4, -0.2) is 20.2 Å². The second-order valence-corrected chi connectivity index (χ2v) is 2.97. The van der Waals surface area contributed by atoms with Crippen LogP contribution in [0.2, 0.25) is 0 Å². The van der Waals surface area contributed by atoms with Gasteiger partial charge in [-0.2, -0.15) is 0 Å². The minimum absolute atomic E-state index is 0.240. The number of hydrogen-bond donors (Lipinski definition) is 0. The fourth-order valence-corrected chi connectivity index (χ4v) is 1.45. The monoisotopic (exact) mass is 194 g/mol. The topological polar surface area (TPSA) is 44.8 Å². The molecule has 1 aromatic rings. The maximum Gasteiger partial charge on any atom is 0.315 e. The minimum atomic E-state index is -0.240. The van der Waals surface area contributed by atoms with Gasteiger partial charge >= 0.3 is 5.97 Å². The molecule has 0 aromatic heterocycles. The molecule has 14 heavy (non-hydrogen) atoms. The quantitative estimate of drug-likeness (QED) is 0.523. The normalized spacial score (nSPS) is 13.4. The van der Waals surface area contributed by atoms with Crippen molar-refractivity contribution in [3.05, 3.63) is 17.7 Å². The van der Waals surface area contributed by atoms with Crippen LogP contribution in [0.25, 0.3) is 0 Å². The Morgan fingerprint density at radius 1 is 1.21 bits per heavy atom. The van der Waals surface area contributed by atoms with Crippen molar-refractivity contribution in [3.63, 3.8) is 0 Å². The largest absolute Gasteiger partial charge is 0.493 e. The van der Waals surface area contributed by atoms with Crippen LogP contribution in [0.15, 0.2) is 12.1 Å². The first-order valence-corrected chi connectivity index (χ1v) is 4.20. The van der Waals surface area contributed by atoms with Crippen molar-refractivity contribution >= 4 is 5.97 Å². The van der Waals surface area contributed by atoms with E-state index in [1.807, 2.05) is 0 Å². The summed E-state index contributed by atoms with van der Waals surface area (Å²) < 4.78 is 15.2. The van der Waals surface area contributed by atoms with E-state index in [0.717, 1.165) is 5.56 Å². The van der Waals surface area contributed by atoms with Gasteiger partial charge in [0.25, 0.3) is 0 Å². The molecular formula is C10H10O4. The van der Waals surface area contributed by atoms with Crippen LogP contribution in [0.4, 0.5) is 0 Å². The summed E-state index contributed by atoms with van der Waals surface area (Å²) in [6, 6.07) is 3.43. The minimum Gasteiger partial charge on any atom is -0.493 e. The van der Waals surface area contributed by atoms with Crippen molar-refractivity contribution in [2.24, 2.45) is 0 Å². The summed E-state index contributed by atoms with van der Waals surface area (Å²) >= 11 is 0. The second kappa shape index (κ2) is 3.21. The lowest BCUT2D eigenvalue weighted by molar-refractivity contribution is -0.131. The fourth-order valence-electron chi connectivity index (χ4n) is 1.45. The zero-order chi connectivity index (χ0) is 10.1. The Morgan fingerprint density at radius 2 is 1.86 bits per heavy atom. The Labute approximate surface area is 81.4 Å². The predicted octanol–water partition coefficient (Wildman–Crippen LogP) is 1.17. The fraction of sp³-hybridized carbons (Fsp3) is 0.300. The van der Waals surface area contributed by atoms with Gasteiger partial charge in [-0.15, -0.1) is 0 Å². The average Bonchev–Trinajstić information content (AvgIpc) is 2.54. The molecule has 0 saturated heterocycles. The lowest BCUT2D eigenvalue weighted by atomic mass is 10.1. The predicted molar refractivity (Wildman–Crippen MR) is 48.9 cm³/mol. The van der Waals surface area contributed by atoms with Crippen LogP contribution in [0.3, 0.4) is 0 Å². The first kappa shape index (κ1) is 8.87. The van der Waals surface area contributed by atoms with Gasteiger partial charge in [0.2, 0.25) is 0 Å². The average molecular weight is 194 g/mol. The molecule has 0 saturated carbocycles. The number of methoxy groups -OCH3 is 2. The van der Waals surface area contributed by atoms with E-state index in [1.54, 1.807) is 26.4 Å². The molecular weight excluding hydrogens is 184 g/mol. The zero-order valence-electron chi connectivity index (χ0n) is 7.99. The van der Waals surface area contributed by atoms with Crippen LogP contribution in [0, 0.1) is 0 Å². The van der Waals surface area contributed by atoms with Gasteiger partial charge in [-0.1, -0.05) is 0 Å². The molecule has 74 valence electrons. The molecule has 0 amide bonds.